The summed E-state index contributed by atoms with van der Waals surface area (Å²) >= 11 is 0. The summed E-state index contributed by atoms with van der Waals surface area (Å²) in [5, 5.41) is 3.39. The van der Waals surface area contributed by atoms with E-state index in [1.54, 1.807) is 13.8 Å². The first kappa shape index (κ1) is 16.4. The first-order valence-corrected chi connectivity index (χ1v) is 7.37. The van der Waals surface area contributed by atoms with Gasteiger partial charge in [-0.2, -0.15) is 13.2 Å². The fraction of sp³-hybridized carbons (Fsp3) is 0.733. The van der Waals surface area contributed by atoms with Crippen LogP contribution in [-0.4, -0.2) is 29.7 Å². The number of nitrogens with one attached hydrogen (secondary N) is 1. The normalized spacial score (nSPS) is 16.2. The SMILES string of the molecule is Cc1oc(CN(CC(F)(F)F)C(C)C)cc1CNC1CC1. The number of furan rings is 1. The Balaban J connectivity index is 1.97. The maximum Gasteiger partial charge on any atom is 0.401 e. The highest BCUT2D eigenvalue weighted by Crippen LogP contribution is 2.23. The summed E-state index contributed by atoms with van der Waals surface area (Å²) in [7, 11) is 0. The molecule has 0 radical (unpaired) electrons. The third-order valence-electron chi connectivity index (χ3n) is 3.70. The summed E-state index contributed by atoms with van der Waals surface area (Å²) in [6, 6.07) is 2.28. The second-order valence-corrected chi connectivity index (χ2v) is 6.06. The summed E-state index contributed by atoms with van der Waals surface area (Å²) in [5.74, 6) is 1.38. The van der Waals surface area contributed by atoms with Crippen molar-refractivity contribution in [1.29, 1.82) is 0 Å². The zero-order valence-electron chi connectivity index (χ0n) is 12.8. The molecule has 0 aliphatic heterocycles. The van der Waals surface area contributed by atoms with E-state index in [0.717, 1.165) is 17.9 Å². The molecule has 1 aromatic rings. The van der Waals surface area contributed by atoms with E-state index in [9.17, 15) is 13.2 Å². The van der Waals surface area contributed by atoms with Crippen LogP contribution >= 0.6 is 0 Å². The molecule has 1 heterocycles. The van der Waals surface area contributed by atoms with Gasteiger partial charge in [-0.05, 0) is 39.7 Å². The van der Waals surface area contributed by atoms with Gasteiger partial charge in [-0.3, -0.25) is 4.90 Å². The first-order chi connectivity index (χ1) is 9.74. The Morgan fingerprint density at radius 3 is 2.57 bits per heavy atom. The number of alkyl halides is 3. The van der Waals surface area contributed by atoms with Crippen LogP contribution in [0.1, 0.15) is 43.8 Å². The number of halogens is 3. The molecule has 21 heavy (non-hydrogen) atoms. The van der Waals surface area contributed by atoms with Gasteiger partial charge in [0.2, 0.25) is 0 Å². The second-order valence-electron chi connectivity index (χ2n) is 6.06. The minimum atomic E-state index is -4.19. The van der Waals surface area contributed by atoms with E-state index < -0.39 is 12.7 Å². The monoisotopic (exact) mass is 304 g/mol. The largest absolute Gasteiger partial charge is 0.465 e. The van der Waals surface area contributed by atoms with E-state index in [2.05, 4.69) is 5.32 Å². The first-order valence-electron chi connectivity index (χ1n) is 7.37. The minimum absolute atomic E-state index is 0.182. The average molecular weight is 304 g/mol. The van der Waals surface area contributed by atoms with Gasteiger partial charge in [0, 0.05) is 24.2 Å². The lowest BCUT2D eigenvalue weighted by Gasteiger charge is -2.26. The zero-order chi connectivity index (χ0) is 15.6. The third-order valence-corrected chi connectivity index (χ3v) is 3.70. The molecule has 1 saturated carbocycles. The van der Waals surface area contributed by atoms with Crippen LogP contribution in [0.2, 0.25) is 0 Å². The number of rotatable bonds is 7. The van der Waals surface area contributed by atoms with Crippen LogP contribution < -0.4 is 5.32 Å². The van der Waals surface area contributed by atoms with Crippen molar-refractivity contribution in [3.8, 4) is 0 Å². The molecule has 0 spiro atoms. The van der Waals surface area contributed by atoms with Crippen LogP contribution in [0.4, 0.5) is 13.2 Å². The van der Waals surface area contributed by atoms with Crippen LogP contribution in [0.3, 0.4) is 0 Å². The number of hydrogen-bond acceptors (Lipinski definition) is 3. The quantitative estimate of drug-likeness (QED) is 0.834. The zero-order valence-corrected chi connectivity index (χ0v) is 12.8. The lowest BCUT2D eigenvalue weighted by Crippen LogP contribution is -2.38. The summed E-state index contributed by atoms with van der Waals surface area (Å²) in [4.78, 5) is 1.37. The highest BCUT2D eigenvalue weighted by molar-refractivity contribution is 5.21. The van der Waals surface area contributed by atoms with E-state index in [4.69, 9.17) is 4.42 Å². The van der Waals surface area contributed by atoms with Crippen molar-refractivity contribution in [3.05, 3.63) is 23.2 Å². The molecule has 0 unspecified atom stereocenters. The third kappa shape index (κ3) is 5.36. The van der Waals surface area contributed by atoms with E-state index >= 15 is 0 Å². The van der Waals surface area contributed by atoms with Crippen molar-refractivity contribution in [2.24, 2.45) is 0 Å². The summed E-state index contributed by atoms with van der Waals surface area (Å²) < 4.78 is 43.4. The molecule has 120 valence electrons. The molecule has 0 aromatic carbocycles. The molecular formula is C15H23F3N2O. The van der Waals surface area contributed by atoms with Crippen molar-refractivity contribution in [1.82, 2.24) is 10.2 Å². The smallest absolute Gasteiger partial charge is 0.401 e. The maximum atomic E-state index is 12.6. The summed E-state index contributed by atoms with van der Waals surface area (Å²) in [6.07, 6.45) is -1.78. The molecule has 0 amide bonds. The molecule has 1 N–H and O–H groups in total. The molecule has 2 rings (SSSR count). The van der Waals surface area contributed by atoms with Gasteiger partial charge in [-0.1, -0.05) is 0 Å². The van der Waals surface area contributed by atoms with E-state index in [1.807, 2.05) is 13.0 Å². The Labute approximate surface area is 123 Å². The van der Waals surface area contributed by atoms with Crippen molar-refractivity contribution >= 4 is 0 Å². The van der Waals surface area contributed by atoms with Gasteiger partial charge in [0.25, 0.3) is 0 Å². The average Bonchev–Trinajstić information content (AvgIpc) is 3.09. The highest BCUT2D eigenvalue weighted by atomic mass is 19.4. The van der Waals surface area contributed by atoms with Crippen LogP contribution in [0.25, 0.3) is 0 Å². The highest BCUT2D eigenvalue weighted by Gasteiger charge is 2.32. The Bertz CT molecular complexity index is 464. The van der Waals surface area contributed by atoms with Gasteiger partial charge in [-0.15, -0.1) is 0 Å². The van der Waals surface area contributed by atoms with Crippen molar-refractivity contribution in [3.63, 3.8) is 0 Å². The Morgan fingerprint density at radius 2 is 2.05 bits per heavy atom. The Hall–Kier alpha value is -1.01. The number of nitrogens with zero attached hydrogens (tertiary/aromatic N) is 1. The molecule has 0 atom stereocenters. The molecule has 1 aromatic heterocycles. The fourth-order valence-corrected chi connectivity index (χ4v) is 2.23. The number of hydrogen-bond donors (Lipinski definition) is 1. The molecule has 1 aliphatic rings. The lowest BCUT2D eigenvalue weighted by atomic mass is 10.2. The summed E-state index contributed by atoms with van der Waals surface area (Å²) in [6.45, 7) is 5.37. The molecule has 1 aliphatic carbocycles. The van der Waals surface area contributed by atoms with E-state index in [0.29, 0.717) is 11.8 Å². The Morgan fingerprint density at radius 1 is 1.38 bits per heavy atom. The number of aryl methyl sites for hydroxylation is 1. The predicted molar refractivity (Wildman–Crippen MR) is 74.9 cm³/mol. The molecule has 6 heteroatoms. The topological polar surface area (TPSA) is 28.4 Å². The lowest BCUT2D eigenvalue weighted by molar-refractivity contribution is -0.151. The fourth-order valence-electron chi connectivity index (χ4n) is 2.23. The molecule has 0 saturated heterocycles. The van der Waals surface area contributed by atoms with Gasteiger partial charge in [0.05, 0.1) is 13.1 Å². The van der Waals surface area contributed by atoms with Crippen molar-refractivity contribution in [2.45, 2.75) is 65.0 Å². The van der Waals surface area contributed by atoms with Crippen molar-refractivity contribution < 1.29 is 17.6 Å². The molecule has 0 bridgehead atoms. The Kier molecular flexibility index (Phi) is 4.99. The van der Waals surface area contributed by atoms with Gasteiger partial charge in [-0.25, -0.2) is 0 Å². The van der Waals surface area contributed by atoms with Crippen LogP contribution in [-0.2, 0) is 13.1 Å². The maximum absolute atomic E-state index is 12.6. The molecular weight excluding hydrogens is 281 g/mol. The second kappa shape index (κ2) is 6.40. The van der Waals surface area contributed by atoms with Gasteiger partial charge < -0.3 is 9.73 Å². The van der Waals surface area contributed by atoms with Crippen LogP contribution in [0, 0.1) is 6.92 Å². The van der Waals surface area contributed by atoms with E-state index in [-0.39, 0.29) is 12.6 Å². The summed E-state index contributed by atoms with van der Waals surface area (Å²) in [5.41, 5.74) is 1.03. The van der Waals surface area contributed by atoms with Gasteiger partial charge >= 0.3 is 6.18 Å². The minimum Gasteiger partial charge on any atom is -0.465 e. The van der Waals surface area contributed by atoms with Crippen LogP contribution in [0.5, 0.6) is 0 Å². The van der Waals surface area contributed by atoms with Gasteiger partial charge in [0.1, 0.15) is 11.5 Å². The van der Waals surface area contributed by atoms with Gasteiger partial charge in [0.15, 0.2) is 0 Å². The van der Waals surface area contributed by atoms with Crippen LogP contribution in [0.15, 0.2) is 10.5 Å². The van der Waals surface area contributed by atoms with Crippen molar-refractivity contribution in [2.75, 3.05) is 6.54 Å². The standard InChI is InChI=1S/C15H23F3N2O/c1-10(2)20(9-15(16,17)18)8-14-6-12(11(3)21-14)7-19-13-4-5-13/h6,10,13,19H,4-5,7-9H2,1-3H3. The molecule has 3 nitrogen and oxygen atoms in total. The predicted octanol–water partition coefficient (Wildman–Crippen LogP) is 3.61. The molecule has 1 fully saturated rings. The van der Waals surface area contributed by atoms with E-state index in [1.165, 1.54) is 17.7 Å².